The van der Waals surface area contributed by atoms with Gasteiger partial charge in [-0.1, -0.05) is 31.9 Å². The molecule has 0 bridgehead atoms. The number of allylic oxidation sites excluding steroid dienone is 4. The number of rotatable bonds is 7. The molecule has 6 heteroatoms. The van der Waals surface area contributed by atoms with Crippen LogP contribution >= 0.6 is 0 Å². The number of carbonyl (C=O) groups excluding carboxylic acids is 1. The van der Waals surface area contributed by atoms with E-state index in [1.165, 1.54) is 18.4 Å². The summed E-state index contributed by atoms with van der Waals surface area (Å²) in [7, 11) is 0. The lowest BCUT2D eigenvalue weighted by Gasteiger charge is -2.34. The Morgan fingerprint density at radius 1 is 1.21 bits per heavy atom. The predicted octanol–water partition coefficient (Wildman–Crippen LogP) is 4.35. The van der Waals surface area contributed by atoms with Crippen LogP contribution in [0.25, 0.3) is 0 Å². The number of hydrogen-bond donors (Lipinski definition) is 0. The van der Waals surface area contributed by atoms with Crippen LogP contribution in [0.2, 0.25) is 0 Å². The van der Waals surface area contributed by atoms with Gasteiger partial charge in [0.05, 0.1) is 0 Å². The lowest BCUT2D eigenvalue weighted by Crippen LogP contribution is -2.48. The van der Waals surface area contributed by atoms with Gasteiger partial charge in [0.1, 0.15) is 17.3 Å². The average Bonchev–Trinajstić information content (AvgIpc) is 3.08. The summed E-state index contributed by atoms with van der Waals surface area (Å²) in [4.78, 5) is 21.8. The summed E-state index contributed by atoms with van der Waals surface area (Å²) in [6.07, 6.45) is 7.57. The highest BCUT2D eigenvalue weighted by atomic mass is 19.1. The molecule has 1 atom stereocenters. The van der Waals surface area contributed by atoms with E-state index in [-0.39, 0.29) is 17.7 Å². The van der Waals surface area contributed by atoms with Crippen LogP contribution in [0.15, 0.2) is 29.2 Å². The first kappa shape index (κ1) is 21.8. The van der Waals surface area contributed by atoms with Crippen LogP contribution in [0.3, 0.4) is 0 Å². The maximum absolute atomic E-state index is 13.6. The monoisotopic (exact) mass is 402 g/mol. The Kier molecular flexibility index (Phi) is 7.28. The molecular formula is C23H35FN4O. The second-order valence-corrected chi connectivity index (χ2v) is 8.52. The molecule has 3 rings (SSSR count). The summed E-state index contributed by atoms with van der Waals surface area (Å²) in [5.74, 6) is 1.18. The van der Waals surface area contributed by atoms with Crippen molar-refractivity contribution >= 4 is 5.91 Å². The van der Waals surface area contributed by atoms with Gasteiger partial charge in [-0.3, -0.25) is 9.69 Å². The Morgan fingerprint density at radius 3 is 2.59 bits per heavy atom. The molecule has 1 aliphatic carbocycles. The largest absolute Gasteiger partial charge is 0.335 e. The second-order valence-electron chi connectivity index (χ2n) is 8.52. The quantitative estimate of drug-likeness (QED) is 0.681. The van der Waals surface area contributed by atoms with Gasteiger partial charge in [0.25, 0.3) is 5.91 Å². The maximum Gasteiger partial charge on any atom is 0.274 e. The van der Waals surface area contributed by atoms with Crippen molar-refractivity contribution in [1.29, 1.82) is 0 Å². The van der Waals surface area contributed by atoms with Crippen LogP contribution in [0, 0.1) is 12.8 Å². The summed E-state index contributed by atoms with van der Waals surface area (Å²) in [5.41, 5.74) is 2.55. The zero-order valence-corrected chi connectivity index (χ0v) is 18.4. The van der Waals surface area contributed by atoms with Crippen molar-refractivity contribution in [1.82, 2.24) is 19.4 Å². The minimum atomic E-state index is 0.00226. The summed E-state index contributed by atoms with van der Waals surface area (Å²) < 4.78 is 15.7. The number of nitrogens with zero attached hydrogens (tertiary/aromatic N) is 4. The average molecular weight is 403 g/mol. The van der Waals surface area contributed by atoms with E-state index < -0.39 is 0 Å². The highest BCUT2D eigenvalue weighted by molar-refractivity contribution is 5.92. The molecule has 29 heavy (non-hydrogen) atoms. The van der Waals surface area contributed by atoms with Gasteiger partial charge in [0.2, 0.25) is 0 Å². The van der Waals surface area contributed by atoms with E-state index in [4.69, 9.17) is 0 Å². The number of imidazole rings is 1. The van der Waals surface area contributed by atoms with Crippen molar-refractivity contribution in [3.05, 3.63) is 40.8 Å². The lowest BCUT2D eigenvalue weighted by atomic mass is 9.90. The third-order valence-corrected chi connectivity index (χ3v) is 6.25. The Bertz CT molecular complexity index is 787. The van der Waals surface area contributed by atoms with Crippen molar-refractivity contribution in [3.8, 4) is 0 Å². The molecule has 0 N–H and O–H groups in total. The van der Waals surface area contributed by atoms with Crippen molar-refractivity contribution in [3.63, 3.8) is 0 Å². The predicted molar refractivity (Wildman–Crippen MR) is 115 cm³/mol. The number of halogens is 1. The molecule has 160 valence electrons. The fraction of sp³-hybridized carbons (Fsp3) is 0.652. The summed E-state index contributed by atoms with van der Waals surface area (Å²) >= 11 is 0. The summed E-state index contributed by atoms with van der Waals surface area (Å²) in [6, 6.07) is 0. The molecule has 1 aromatic rings. The van der Waals surface area contributed by atoms with E-state index in [0.717, 1.165) is 57.1 Å². The van der Waals surface area contributed by atoms with Gasteiger partial charge < -0.3 is 9.47 Å². The molecule has 5 nitrogen and oxygen atoms in total. The van der Waals surface area contributed by atoms with Crippen molar-refractivity contribution in [2.24, 2.45) is 5.92 Å². The van der Waals surface area contributed by atoms with E-state index >= 15 is 0 Å². The zero-order chi connectivity index (χ0) is 21.0. The topological polar surface area (TPSA) is 41.4 Å². The number of amides is 1. The SMILES string of the molecule is CCCCN1CCN(C(=O)c2cn(CC(C)C3=CC(C)=C(F)CC3)c(C)n2)CC1. The van der Waals surface area contributed by atoms with Crippen molar-refractivity contribution < 1.29 is 9.18 Å². The highest BCUT2D eigenvalue weighted by Gasteiger charge is 2.24. The molecule has 1 aliphatic heterocycles. The maximum atomic E-state index is 13.6. The minimum Gasteiger partial charge on any atom is -0.335 e. The van der Waals surface area contributed by atoms with Crippen LogP contribution in [0.1, 0.15) is 62.8 Å². The van der Waals surface area contributed by atoms with Gasteiger partial charge in [-0.25, -0.2) is 9.37 Å². The smallest absolute Gasteiger partial charge is 0.274 e. The Morgan fingerprint density at radius 2 is 1.93 bits per heavy atom. The van der Waals surface area contributed by atoms with Crippen LogP contribution < -0.4 is 0 Å². The number of carbonyl (C=O) groups is 1. The van der Waals surface area contributed by atoms with Gasteiger partial charge in [-0.2, -0.15) is 0 Å². The van der Waals surface area contributed by atoms with Gasteiger partial charge in [-0.05, 0) is 44.7 Å². The molecule has 0 aromatic carbocycles. The van der Waals surface area contributed by atoms with E-state index in [1.54, 1.807) is 0 Å². The highest BCUT2D eigenvalue weighted by Crippen LogP contribution is 2.30. The molecule has 1 unspecified atom stereocenters. The second kappa shape index (κ2) is 9.70. The van der Waals surface area contributed by atoms with Gasteiger partial charge in [0.15, 0.2) is 0 Å². The summed E-state index contributed by atoms with van der Waals surface area (Å²) in [6.45, 7) is 13.5. The third kappa shape index (κ3) is 5.35. The van der Waals surface area contributed by atoms with E-state index in [2.05, 4.69) is 28.3 Å². The van der Waals surface area contributed by atoms with Gasteiger partial charge in [0, 0.05) is 45.3 Å². The van der Waals surface area contributed by atoms with Gasteiger partial charge in [-0.15, -0.1) is 0 Å². The third-order valence-electron chi connectivity index (χ3n) is 6.25. The van der Waals surface area contributed by atoms with Crippen molar-refractivity contribution in [2.45, 2.75) is 59.9 Å². The van der Waals surface area contributed by atoms with Crippen LogP contribution in [-0.4, -0.2) is 58.0 Å². The van der Waals surface area contributed by atoms with Crippen molar-refractivity contribution in [2.75, 3.05) is 32.7 Å². The fourth-order valence-electron chi connectivity index (χ4n) is 4.20. The Labute approximate surface area is 174 Å². The Balaban J connectivity index is 1.60. The molecule has 2 aliphatic rings. The molecular weight excluding hydrogens is 367 g/mol. The first-order valence-electron chi connectivity index (χ1n) is 11.0. The normalized spacial score (nSPS) is 19.5. The Hall–Kier alpha value is -1.95. The first-order chi connectivity index (χ1) is 13.9. The van der Waals surface area contributed by atoms with E-state index in [9.17, 15) is 9.18 Å². The molecule has 1 aromatic heterocycles. The zero-order valence-electron chi connectivity index (χ0n) is 18.4. The lowest BCUT2D eigenvalue weighted by molar-refractivity contribution is 0.0630. The standard InChI is InChI=1S/C23H35FN4O/c1-5-6-9-26-10-12-27(13-11-26)23(29)22-16-28(19(4)25-22)15-18(3)20-7-8-21(24)17(2)14-20/h14,16,18H,5-13,15H2,1-4H3. The molecule has 0 saturated carbocycles. The molecule has 1 saturated heterocycles. The minimum absolute atomic E-state index is 0.00226. The van der Waals surface area contributed by atoms with E-state index in [0.29, 0.717) is 12.1 Å². The number of hydrogen-bond acceptors (Lipinski definition) is 3. The first-order valence-corrected chi connectivity index (χ1v) is 11.0. The van der Waals surface area contributed by atoms with Crippen LogP contribution in [0.4, 0.5) is 4.39 Å². The molecule has 1 fully saturated rings. The van der Waals surface area contributed by atoms with Gasteiger partial charge >= 0.3 is 0 Å². The molecule has 0 radical (unpaired) electrons. The number of piperazine rings is 1. The number of aryl methyl sites for hydroxylation is 1. The fourth-order valence-corrected chi connectivity index (χ4v) is 4.20. The molecule has 0 spiro atoms. The van der Waals surface area contributed by atoms with E-state index in [1.807, 2.05) is 31.0 Å². The number of aromatic nitrogens is 2. The molecule has 1 amide bonds. The van der Waals surface area contributed by atoms with Crippen LogP contribution in [0.5, 0.6) is 0 Å². The molecule has 2 heterocycles. The number of unbranched alkanes of at least 4 members (excludes halogenated alkanes) is 1. The van der Waals surface area contributed by atoms with Crippen LogP contribution in [-0.2, 0) is 6.54 Å². The summed E-state index contributed by atoms with van der Waals surface area (Å²) in [5, 5.41) is 0.